The molecule has 0 radical (unpaired) electrons. The van der Waals surface area contributed by atoms with Crippen LogP contribution in [0.2, 0.25) is 0 Å². The van der Waals surface area contributed by atoms with E-state index >= 15 is 0 Å². The second-order valence-electron chi connectivity index (χ2n) is 16.7. The number of ether oxygens (including phenoxy) is 2. The predicted octanol–water partition coefficient (Wildman–Crippen LogP) is 9.83. The van der Waals surface area contributed by atoms with Gasteiger partial charge < -0.3 is 19.5 Å². The number of aliphatic hydroxyl groups is 1. The van der Waals surface area contributed by atoms with Crippen molar-refractivity contribution < 1.29 is 19.4 Å². The van der Waals surface area contributed by atoms with Crippen LogP contribution in [-0.2, 0) is 22.7 Å². The molecule has 48 heavy (non-hydrogen) atoms. The van der Waals surface area contributed by atoms with Crippen molar-refractivity contribution >= 4 is 6.09 Å². The molecule has 2 aromatic carbocycles. The Morgan fingerprint density at radius 2 is 1.62 bits per heavy atom. The first kappa shape index (κ1) is 35.2. The Labute approximate surface area is 290 Å². The van der Waals surface area contributed by atoms with Crippen molar-refractivity contribution in [3.8, 4) is 0 Å². The highest BCUT2D eigenvalue weighted by Gasteiger charge is 2.61. The minimum atomic E-state index is -0.259. The van der Waals surface area contributed by atoms with E-state index in [0.29, 0.717) is 55.5 Å². The first-order valence-corrected chi connectivity index (χ1v) is 19.0. The molecular weight excluding hydrogens is 594 g/mol. The molecule has 5 heteroatoms. The average molecular weight is 656 g/mol. The highest BCUT2D eigenvalue weighted by atomic mass is 16.6. The Morgan fingerprint density at radius 3 is 2.33 bits per heavy atom. The van der Waals surface area contributed by atoms with Gasteiger partial charge in [-0.2, -0.15) is 0 Å². The van der Waals surface area contributed by atoms with Crippen LogP contribution in [0, 0.1) is 46.3 Å². The van der Waals surface area contributed by atoms with Gasteiger partial charge in [0, 0.05) is 13.6 Å². The SMILES string of the molecule is C[C@H](CCC[C@@H](C)[C@H]1[C@@H](O)C[C@H]2[C@@H]3CC=C4C[C@@H](OCc5ccccc5)CC[C@]4(C)[C@H]3CC[C@]12C)CN(C)C(=O)OCc1ccccc1. The van der Waals surface area contributed by atoms with Gasteiger partial charge in [-0.25, -0.2) is 4.79 Å². The summed E-state index contributed by atoms with van der Waals surface area (Å²) in [7, 11) is 1.84. The van der Waals surface area contributed by atoms with Gasteiger partial charge in [0.1, 0.15) is 6.61 Å². The monoisotopic (exact) mass is 655 g/mol. The molecular formula is C43H61NO4. The minimum Gasteiger partial charge on any atom is -0.445 e. The third-order valence-corrected chi connectivity index (χ3v) is 13.6. The second-order valence-corrected chi connectivity index (χ2v) is 16.7. The molecule has 2 aromatic rings. The van der Waals surface area contributed by atoms with Gasteiger partial charge in [0.2, 0.25) is 0 Å². The Kier molecular flexibility index (Phi) is 11.1. The molecule has 5 nitrogen and oxygen atoms in total. The third kappa shape index (κ3) is 7.43. The fraction of sp³-hybridized carbons (Fsp3) is 0.651. The molecule has 0 aliphatic heterocycles. The smallest absolute Gasteiger partial charge is 0.409 e. The second kappa shape index (κ2) is 15.1. The quantitative estimate of drug-likeness (QED) is 0.231. The summed E-state index contributed by atoms with van der Waals surface area (Å²) < 4.78 is 12.0. The first-order valence-electron chi connectivity index (χ1n) is 19.0. The van der Waals surface area contributed by atoms with Crippen LogP contribution in [0.4, 0.5) is 4.79 Å². The van der Waals surface area contributed by atoms with E-state index in [1.54, 1.807) is 10.5 Å². The third-order valence-electron chi connectivity index (χ3n) is 13.6. The molecule has 1 N–H and O–H groups in total. The van der Waals surface area contributed by atoms with Crippen LogP contribution in [0.15, 0.2) is 72.3 Å². The van der Waals surface area contributed by atoms with Gasteiger partial charge in [-0.1, -0.05) is 113 Å². The number of benzene rings is 2. The van der Waals surface area contributed by atoms with Crippen LogP contribution < -0.4 is 0 Å². The van der Waals surface area contributed by atoms with E-state index in [2.05, 4.69) is 64.1 Å². The Hall–Kier alpha value is -2.63. The van der Waals surface area contributed by atoms with Crippen LogP contribution >= 0.6 is 0 Å². The Bertz CT molecular complexity index is 1380. The maximum atomic E-state index is 12.6. The van der Waals surface area contributed by atoms with Gasteiger partial charge in [-0.15, -0.1) is 0 Å². The number of carbonyl (C=O) groups excluding carboxylic acids is 1. The van der Waals surface area contributed by atoms with Gasteiger partial charge in [0.15, 0.2) is 0 Å². The lowest BCUT2D eigenvalue weighted by molar-refractivity contribution is -0.0691. The summed E-state index contributed by atoms with van der Waals surface area (Å²) in [4.78, 5) is 14.3. The minimum absolute atomic E-state index is 0.197. The number of hydrogen-bond donors (Lipinski definition) is 1. The van der Waals surface area contributed by atoms with Crippen LogP contribution in [0.3, 0.4) is 0 Å². The molecule has 0 aromatic heterocycles. The van der Waals surface area contributed by atoms with Crippen molar-refractivity contribution in [2.75, 3.05) is 13.6 Å². The largest absolute Gasteiger partial charge is 0.445 e. The summed E-state index contributed by atoms with van der Waals surface area (Å²) in [6.07, 6.45) is 14.0. The summed E-state index contributed by atoms with van der Waals surface area (Å²) in [5.74, 6) is 3.29. The summed E-state index contributed by atoms with van der Waals surface area (Å²) in [5.41, 5.74) is 4.42. The molecule has 0 heterocycles. The molecule has 0 bridgehead atoms. The standard InChI is InChI=1S/C43H61NO4/c1-30(27-44(5)41(46)48-29-33-17-10-7-11-18-33)13-12-14-31(2)40-39(45)26-38-36-20-19-34-25-35(47-28-32-15-8-6-9-16-32)21-23-42(34,3)37(36)22-24-43(38,40)4/h6-11,15-19,30-31,35-40,45H,12-14,20-29H2,1-5H3/t30-,31-,35+,36-,37+,38+,39+,40+,42+,43+/m1/s1. The average Bonchev–Trinajstić information content (AvgIpc) is 3.36. The predicted molar refractivity (Wildman–Crippen MR) is 193 cm³/mol. The number of hydrogen-bond acceptors (Lipinski definition) is 4. The highest BCUT2D eigenvalue weighted by molar-refractivity contribution is 5.67. The van der Waals surface area contributed by atoms with E-state index < -0.39 is 0 Å². The van der Waals surface area contributed by atoms with Gasteiger partial charge in [0.25, 0.3) is 0 Å². The molecule has 4 aliphatic carbocycles. The zero-order valence-electron chi connectivity index (χ0n) is 30.3. The van der Waals surface area contributed by atoms with Gasteiger partial charge in [-0.05, 0) is 109 Å². The van der Waals surface area contributed by atoms with Gasteiger partial charge >= 0.3 is 6.09 Å². The van der Waals surface area contributed by atoms with E-state index in [1.807, 2.05) is 37.4 Å². The lowest BCUT2D eigenvalue weighted by atomic mass is 9.47. The Morgan fingerprint density at radius 1 is 0.938 bits per heavy atom. The number of allylic oxidation sites excluding steroid dienone is 1. The molecule has 4 aliphatic rings. The fourth-order valence-electron chi connectivity index (χ4n) is 11.1. The number of amides is 1. The maximum Gasteiger partial charge on any atom is 0.409 e. The highest BCUT2D eigenvalue weighted by Crippen LogP contribution is 2.67. The van der Waals surface area contributed by atoms with Crippen molar-refractivity contribution in [3.63, 3.8) is 0 Å². The van der Waals surface area contributed by atoms with Crippen LogP contribution in [0.25, 0.3) is 0 Å². The van der Waals surface area contributed by atoms with Crippen molar-refractivity contribution in [2.24, 2.45) is 46.3 Å². The Balaban J connectivity index is 0.992. The number of rotatable bonds is 12. The van der Waals surface area contributed by atoms with Crippen molar-refractivity contribution in [1.82, 2.24) is 4.90 Å². The van der Waals surface area contributed by atoms with E-state index in [1.165, 1.54) is 31.2 Å². The molecule has 1 amide bonds. The molecule has 3 saturated carbocycles. The molecule has 0 spiro atoms. The summed E-state index contributed by atoms with van der Waals surface area (Å²) in [5, 5.41) is 11.7. The number of fused-ring (bicyclic) bond motifs is 5. The number of carbonyl (C=O) groups is 1. The molecule has 10 atom stereocenters. The summed E-state index contributed by atoms with van der Waals surface area (Å²) >= 11 is 0. The molecule has 6 rings (SSSR count). The molecule has 262 valence electrons. The normalized spacial score (nSPS) is 33.8. The maximum absolute atomic E-state index is 12.6. The molecule has 0 unspecified atom stereocenters. The zero-order valence-corrected chi connectivity index (χ0v) is 30.3. The van der Waals surface area contributed by atoms with E-state index in [-0.39, 0.29) is 23.0 Å². The fourth-order valence-corrected chi connectivity index (χ4v) is 11.1. The van der Waals surface area contributed by atoms with Gasteiger partial charge in [-0.3, -0.25) is 0 Å². The van der Waals surface area contributed by atoms with E-state index in [4.69, 9.17) is 9.47 Å². The summed E-state index contributed by atoms with van der Waals surface area (Å²) in [6.45, 7) is 11.5. The van der Waals surface area contributed by atoms with E-state index in [9.17, 15) is 9.90 Å². The molecule has 3 fully saturated rings. The van der Waals surface area contributed by atoms with Crippen molar-refractivity contribution in [3.05, 3.63) is 83.4 Å². The van der Waals surface area contributed by atoms with Crippen LogP contribution in [0.5, 0.6) is 0 Å². The molecule has 0 saturated heterocycles. The zero-order chi connectivity index (χ0) is 33.9. The van der Waals surface area contributed by atoms with Crippen molar-refractivity contribution in [2.45, 2.75) is 117 Å². The lowest BCUT2D eigenvalue weighted by Gasteiger charge is -2.58. The number of aliphatic hydroxyl groups excluding tert-OH is 1. The first-order chi connectivity index (χ1) is 23.1. The van der Waals surface area contributed by atoms with Gasteiger partial charge in [0.05, 0.1) is 18.8 Å². The van der Waals surface area contributed by atoms with Crippen LogP contribution in [-0.4, -0.2) is 41.9 Å². The van der Waals surface area contributed by atoms with E-state index in [0.717, 1.165) is 50.0 Å². The van der Waals surface area contributed by atoms with Crippen molar-refractivity contribution in [1.29, 1.82) is 0 Å². The lowest BCUT2D eigenvalue weighted by Crippen LogP contribution is -2.51. The van der Waals surface area contributed by atoms with Crippen LogP contribution in [0.1, 0.15) is 103 Å². The topological polar surface area (TPSA) is 59.0 Å². The summed E-state index contributed by atoms with van der Waals surface area (Å²) in [6, 6.07) is 20.4. The number of nitrogens with zero attached hydrogens (tertiary/aromatic N) is 1.